The van der Waals surface area contributed by atoms with Crippen molar-refractivity contribution in [2.24, 2.45) is 5.16 Å². The van der Waals surface area contributed by atoms with E-state index in [1.807, 2.05) is 0 Å². The molecular formula is C21H18ClFN4O4. The van der Waals surface area contributed by atoms with Crippen LogP contribution in [0.5, 0.6) is 23.4 Å². The number of carbonyl (C=O) groups is 1. The fourth-order valence-corrected chi connectivity index (χ4v) is 2.70. The highest BCUT2D eigenvalue weighted by Gasteiger charge is 2.20. The number of nitrogens with one attached hydrogen (secondary N) is 1. The second kappa shape index (κ2) is 9.86. The maximum atomic E-state index is 14.3. The summed E-state index contributed by atoms with van der Waals surface area (Å²) in [5.41, 5.74) is 0.930. The summed E-state index contributed by atoms with van der Waals surface area (Å²) in [6.45, 7) is 1.74. The lowest BCUT2D eigenvalue weighted by atomic mass is 10.1. The zero-order valence-electron chi connectivity index (χ0n) is 16.8. The Kier molecular flexibility index (Phi) is 6.99. The molecule has 3 aromatic rings. The first-order valence-corrected chi connectivity index (χ1v) is 9.38. The van der Waals surface area contributed by atoms with Crippen LogP contribution in [0.3, 0.4) is 0 Å². The van der Waals surface area contributed by atoms with Crippen LogP contribution in [0.15, 0.2) is 53.8 Å². The van der Waals surface area contributed by atoms with Crippen molar-refractivity contribution in [1.82, 2.24) is 15.3 Å². The number of aromatic nitrogens is 2. The number of halogens is 2. The SMILES string of the molecule is CNC(=O)C(=NOC)c1ccccc1Oc1ncc(F)c(Oc2cccc(Cl)c2C)n1. The number of benzene rings is 2. The first-order valence-electron chi connectivity index (χ1n) is 9.00. The van der Waals surface area contributed by atoms with Crippen molar-refractivity contribution in [3.05, 3.63) is 70.6 Å². The van der Waals surface area contributed by atoms with Crippen LogP contribution < -0.4 is 14.8 Å². The van der Waals surface area contributed by atoms with Crippen molar-refractivity contribution < 1.29 is 23.5 Å². The zero-order chi connectivity index (χ0) is 22.4. The van der Waals surface area contributed by atoms with Gasteiger partial charge >= 0.3 is 6.01 Å². The van der Waals surface area contributed by atoms with E-state index in [1.54, 1.807) is 49.4 Å². The first kappa shape index (κ1) is 22.0. The molecule has 160 valence electrons. The number of nitrogens with zero attached hydrogens (tertiary/aromatic N) is 3. The van der Waals surface area contributed by atoms with Crippen LogP contribution in [0.4, 0.5) is 4.39 Å². The maximum absolute atomic E-state index is 14.3. The summed E-state index contributed by atoms with van der Waals surface area (Å²) in [4.78, 5) is 24.8. The Balaban J connectivity index is 1.94. The van der Waals surface area contributed by atoms with E-state index in [4.69, 9.17) is 25.9 Å². The summed E-state index contributed by atoms with van der Waals surface area (Å²) in [6, 6.07) is 11.4. The molecule has 0 aliphatic rings. The number of rotatable bonds is 7. The molecule has 0 saturated heterocycles. The Morgan fingerprint density at radius 1 is 1.13 bits per heavy atom. The first-order chi connectivity index (χ1) is 14.9. The van der Waals surface area contributed by atoms with Crippen LogP contribution in [0.2, 0.25) is 5.02 Å². The third kappa shape index (κ3) is 5.07. The Labute approximate surface area is 182 Å². The van der Waals surface area contributed by atoms with Crippen molar-refractivity contribution in [3.8, 4) is 23.4 Å². The fourth-order valence-electron chi connectivity index (χ4n) is 2.53. The molecule has 0 unspecified atom stereocenters. The lowest BCUT2D eigenvalue weighted by molar-refractivity contribution is -0.114. The predicted molar refractivity (Wildman–Crippen MR) is 112 cm³/mol. The Bertz CT molecular complexity index is 1140. The largest absolute Gasteiger partial charge is 0.436 e. The van der Waals surface area contributed by atoms with Gasteiger partial charge in [-0.2, -0.15) is 9.37 Å². The normalized spacial score (nSPS) is 11.1. The second-order valence-electron chi connectivity index (χ2n) is 6.07. The summed E-state index contributed by atoms with van der Waals surface area (Å²) < 4.78 is 25.5. The van der Waals surface area contributed by atoms with Crippen LogP contribution >= 0.6 is 11.6 Å². The minimum absolute atomic E-state index is 0.0197. The highest BCUT2D eigenvalue weighted by atomic mass is 35.5. The van der Waals surface area contributed by atoms with Gasteiger partial charge in [-0.25, -0.2) is 4.98 Å². The van der Waals surface area contributed by atoms with Gasteiger partial charge in [0.1, 0.15) is 18.6 Å². The van der Waals surface area contributed by atoms with Gasteiger partial charge in [0.05, 0.1) is 11.8 Å². The van der Waals surface area contributed by atoms with E-state index in [9.17, 15) is 9.18 Å². The van der Waals surface area contributed by atoms with E-state index < -0.39 is 11.7 Å². The monoisotopic (exact) mass is 444 g/mol. The summed E-state index contributed by atoms with van der Waals surface area (Å²) in [5, 5.41) is 6.70. The van der Waals surface area contributed by atoms with Crippen LogP contribution in [0.1, 0.15) is 11.1 Å². The van der Waals surface area contributed by atoms with Gasteiger partial charge in [-0.05, 0) is 31.2 Å². The Morgan fingerprint density at radius 3 is 2.61 bits per heavy atom. The minimum Gasteiger partial charge on any atom is -0.436 e. The molecule has 0 radical (unpaired) electrons. The third-order valence-electron chi connectivity index (χ3n) is 4.08. The molecular weight excluding hydrogens is 427 g/mol. The van der Waals surface area contributed by atoms with Crippen LogP contribution in [-0.2, 0) is 9.63 Å². The molecule has 8 nitrogen and oxygen atoms in total. The maximum Gasteiger partial charge on any atom is 0.325 e. The average molecular weight is 445 g/mol. The highest BCUT2D eigenvalue weighted by Crippen LogP contribution is 2.31. The predicted octanol–water partition coefficient (Wildman–Crippen LogP) is 4.26. The lowest BCUT2D eigenvalue weighted by Crippen LogP contribution is -2.28. The average Bonchev–Trinajstić information content (AvgIpc) is 2.77. The van der Waals surface area contributed by atoms with Gasteiger partial charge in [-0.1, -0.05) is 35.0 Å². The number of hydrogen-bond acceptors (Lipinski definition) is 7. The van der Waals surface area contributed by atoms with Crippen molar-refractivity contribution in [2.45, 2.75) is 6.92 Å². The van der Waals surface area contributed by atoms with Crippen LogP contribution in [0.25, 0.3) is 0 Å². The second-order valence-corrected chi connectivity index (χ2v) is 6.48. The zero-order valence-corrected chi connectivity index (χ0v) is 17.6. The van der Waals surface area contributed by atoms with E-state index >= 15 is 0 Å². The van der Waals surface area contributed by atoms with Gasteiger partial charge in [0.25, 0.3) is 11.8 Å². The van der Waals surface area contributed by atoms with Gasteiger partial charge in [0, 0.05) is 17.6 Å². The summed E-state index contributed by atoms with van der Waals surface area (Å²) >= 11 is 6.08. The van der Waals surface area contributed by atoms with E-state index in [0.29, 0.717) is 21.9 Å². The van der Waals surface area contributed by atoms with E-state index in [2.05, 4.69) is 20.4 Å². The smallest absolute Gasteiger partial charge is 0.325 e. The molecule has 0 aliphatic heterocycles. The molecule has 0 fully saturated rings. The number of ether oxygens (including phenoxy) is 2. The molecule has 1 N–H and O–H groups in total. The molecule has 0 atom stereocenters. The van der Waals surface area contributed by atoms with E-state index in [1.165, 1.54) is 14.2 Å². The van der Waals surface area contributed by atoms with Gasteiger partial charge < -0.3 is 19.6 Å². The summed E-state index contributed by atoms with van der Waals surface area (Å²) in [7, 11) is 2.78. The molecule has 0 saturated carbocycles. The minimum atomic E-state index is -0.785. The van der Waals surface area contributed by atoms with Crippen molar-refractivity contribution >= 4 is 23.2 Å². The molecule has 31 heavy (non-hydrogen) atoms. The van der Waals surface area contributed by atoms with Gasteiger partial charge in [0.2, 0.25) is 5.82 Å². The Hall–Kier alpha value is -3.72. The summed E-state index contributed by atoms with van der Waals surface area (Å²) in [5.74, 6) is -1.07. The topological polar surface area (TPSA) is 94.9 Å². The molecule has 1 heterocycles. The molecule has 0 bridgehead atoms. The molecule has 1 aromatic heterocycles. The van der Waals surface area contributed by atoms with Crippen molar-refractivity contribution in [1.29, 1.82) is 0 Å². The quantitative estimate of drug-likeness (QED) is 0.432. The van der Waals surface area contributed by atoms with E-state index in [0.717, 1.165) is 6.20 Å². The van der Waals surface area contributed by atoms with Crippen LogP contribution in [-0.4, -0.2) is 35.7 Å². The van der Waals surface area contributed by atoms with Gasteiger partial charge in [-0.15, -0.1) is 0 Å². The number of likely N-dealkylation sites (N-methyl/N-ethyl adjacent to an activating group) is 1. The highest BCUT2D eigenvalue weighted by molar-refractivity contribution is 6.45. The number of carbonyl (C=O) groups excluding carboxylic acids is 1. The molecule has 1 amide bonds. The van der Waals surface area contributed by atoms with Crippen LogP contribution in [0, 0.1) is 12.7 Å². The summed E-state index contributed by atoms with van der Waals surface area (Å²) in [6.07, 6.45) is 0.920. The standard InChI is InChI=1S/C21H18ClFN4O4/c1-12-14(22)8-6-10-16(12)30-20-15(23)11-25-21(26-20)31-17-9-5-4-7-13(17)18(27-29-3)19(28)24-2/h4-11H,1-3H3,(H,24,28). The van der Waals surface area contributed by atoms with Crippen molar-refractivity contribution in [2.75, 3.05) is 14.2 Å². The molecule has 0 aliphatic carbocycles. The number of amides is 1. The fraction of sp³-hybridized carbons (Fsp3) is 0.143. The molecule has 2 aromatic carbocycles. The number of para-hydroxylation sites is 1. The number of oxime groups is 1. The Morgan fingerprint density at radius 2 is 1.87 bits per heavy atom. The van der Waals surface area contributed by atoms with Gasteiger partial charge in [0.15, 0.2) is 5.71 Å². The molecule has 3 rings (SSSR count). The lowest BCUT2D eigenvalue weighted by Gasteiger charge is -2.12. The molecule has 10 heteroatoms. The molecule has 0 spiro atoms. The number of hydrogen-bond donors (Lipinski definition) is 1. The van der Waals surface area contributed by atoms with Gasteiger partial charge in [-0.3, -0.25) is 4.79 Å². The van der Waals surface area contributed by atoms with Crippen molar-refractivity contribution in [3.63, 3.8) is 0 Å². The third-order valence-corrected chi connectivity index (χ3v) is 4.49. The van der Waals surface area contributed by atoms with E-state index in [-0.39, 0.29) is 23.4 Å².